The molecule has 1 aliphatic heterocycles. The van der Waals surface area contributed by atoms with Crippen molar-refractivity contribution in [2.24, 2.45) is 0 Å². The number of carboxylic acid groups (broad SMARTS) is 1. The average molecular weight is 275 g/mol. The van der Waals surface area contributed by atoms with Gasteiger partial charge in [0.2, 0.25) is 5.76 Å². The molecule has 1 atom stereocenters. The third-order valence-corrected chi connectivity index (χ3v) is 3.22. The molecule has 2 heterocycles. The first kappa shape index (κ1) is 12.7. The maximum atomic E-state index is 11.9. The van der Waals surface area contributed by atoms with Crippen molar-refractivity contribution >= 4 is 28.5 Å². The van der Waals surface area contributed by atoms with Gasteiger partial charge < -0.3 is 19.6 Å². The second-order valence-electron chi connectivity index (χ2n) is 4.66. The Morgan fingerprint density at radius 1 is 1.30 bits per heavy atom. The van der Waals surface area contributed by atoms with E-state index in [9.17, 15) is 9.59 Å². The van der Waals surface area contributed by atoms with Gasteiger partial charge in [-0.3, -0.25) is 4.79 Å². The number of amides is 1. The van der Waals surface area contributed by atoms with E-state index in [1.165, 1.54) is 6.07 Å². The minimum absolute atomic E-state index is 0.123. The van der Waals surface area contributed by atoms with E-state index in [0.29, 0.717) is 23.3 Å². The lowest BCUT2D eigenvalue weighted by Gasteiger charge is -2.10. The summed E-state index contributed by atoms with van der Waals surface area (Å²) >= 11 is 0. The van der Waals surface area contributed by atoms with Gasteiger partial charge in [0, 0.05) is 17.7 Å². The fourth-order valence-electron chi connectivity index (χ4n) is 2.23. The number of hydrogen-bond acceptors (Lipinski definition) is 4. The zero-order valence-electron chi connectivity index (χ0n) is 10.6. The van der Waals surface area contributed by atoms with Gasteiger partial charge in [-0.05, 0) is 37.1 Å². The Balaban J connectivity index is 1.81. The molecule has 6 nitrogen and oxygen atoms in total. The lowest BCUT2D eigenvalue weighted by molar-refractivity contribution is -0.124. The summed E-state index contributed by atoms with van der Waals surface area (Å²) in [6.07, 6.45) is 1.22. The number of anilines is 1. The van der Waals surface area contributed by atoms with Gasteiger partial charge in [-0.25, -0.2) is 4.79 Å². The first-order chi connectivity index (χ1) is 9.63. The third-order valence-electron chi connectivity index (χ3n) is 3.22. The minimum atomic E-state index is -1.12. The monoisotopic (exact) mass is 275 g/mol. The maximum Gasteiger partial charge on any atom is 0.371 e. The van der Waals surface area contributed by atoms with E-state index in [4.69, 9.17) is 14.3 Å². The summed E-state index contributed by atoms with van der Waals surface area (Å²) in [6, 6.07) is 6.41. The van der Waals surface area contributed by atoms with Gasteiger partial charge in [-0.15, -0.1) is 0 Å². The van der Waals surface area contributed by atoms with Crippen molar-refractivity contribution in [2.75, 3.05) is 11.9 Å². The zero-order chi connectivity index (χ0) is 14.1. The van der Waals surface area contributed by atoms with E-state index in [1.807, 2.05) is 0 Å². The number of ether oxygens (including phenoxy) is 1. The highest BCUT2D eigenvalue weighted by atomic mass is 16.5. The summed E-state index contributed by atoms with van der Waals surface area (Å²) in [5.74, 6) is -1.42. The molecule has 0 aliphatic carbocycles. The summed E-state index contributed by atoms with van der Waals surface area (Å²) < 4.78 is 10.5. The van der Waals surface area contributed by atoms with Crippen molar-refractivity contribution in [3.8, 4) is 0 Å². The second kappa shape index (κ2) is 4.97. The van der Waals surface area contributed by atoms with Gasteiger partial charge in [0.1, 0.15) is 11.7 Å². The quantitative estimate of drug-likeness (QED) is 0.896. The minimum Gasteiger partial charge on any atom is -0.475 e. The number of carbonyl (C=O) groups is 2. The standard InChI is InChI=1S/C14H13NO5/c16-13(11-2-1-5-19-11)15-9-3-4-10-8(6-9)7-12(20-10)14(17)18/h3-4,6-7,11H,1-2,5H2,(H,15,16)(H,17,18). The number of fused-ring (bicyclic) bond motifs is 1. The Hall–Kier alpha value is -2.34. The molecule has 20 heavy (non-hydrogen) atoms. The Bertz CT molecular complexity index is 669. The van der Waals surface area contributed by atoms with Crippen molar-refractivity contribution in [2.45, 2.75) is 18.9 Å². The first-order valence-corrected chi connectivity index (χ1v) is 6.33. The fourth-order valence-corrected chi connectivity index (χ4v) is 2.23. The summed E-state index contributed by atoms with van der Waals surface area (Å²) in [7, 11) is 0. The van der Waals surface area contributed by atoms with Crippen LogP contribution >= 0.6 is 0 Å². The SMILES string of the molecule is O=C(O)c1cc2cc(NC(=O)C3CCCO3)ccc2o1. The molecule has 1 aliphatic rings. The van der Waals surface area contributed by atoms with E-state index in [2.05, 4.69) is 5.32 Å². The predicted molar refractivity (Wildman–Crippen MR) is 70.8 cm³/mol. The maximum absolute atomic E-state index is 11.9. The molecule has 1 amide bonds. The van der Waals surface area contributed by atoms with Crippen LogP contribution in [0.2, 0.25) is 0 Å². The van der Waals surface area contributed by atoms with Gasteiger partial charge in [-0.1, -0.05) is 0 Å². The van der Waals surface area contributed by atoms with Crippen LogP contribution < -0.4 is 5.32 Å². The van der Waals surface area contributed by atoms with Gasteiger partial charge in [0.25, 0.3) is 5.91 Å². The largest absolute Gasteiger partial charge is 0.475 e. The lowest BCUT2D eigenvalue weighted by atomic mass is 10.2. The van der Waals surface area contributed by atoms with Crippen molar-refractivity contribution in [1.82, 2.24) is 0 Å². The number of hydrogen-bond donors (Lipinski definition) is 2. The molecule has 0 bridgehead atoms. The highest BCUT2D eigenvalue weighted by molar-refractivity contribution is 5.97. The molecule has 2 aromatic rings. The number of aromatic carboxylic acids is 1. The molecule has 2 N–H and O–H groups in total. The van der Waals surface area contributed by atoms with Crippen LogP contribution in [-0.2, 0) is 9.53 Å². The highest BCUT2D eigenvalue weighted by Crippen LogP contribution is 2.24. The van der Waals surface area contributed by atoms with Crippen molar-refractivity contribution in [3.05, 3.63) is 30.0 Å². The molecule has 1 aromatic heterocycles. The van der Waals surface area contributed by atoms with E-state index in [-0.39, 0.29) is 11.7 Å². The molecule has 0 spiro atoms. The van der Waals surface area contributed by atoms with Crippen LogP contribution in [0.25, 0.3) is 11.0 Å². The van der Waals surface area contributed by atoms with Crippen LogP contribution in [0.3, 0.4) is 0 Å². The predicted octanol–water partition coefficient (Wildman–Crippen LogP) is 2.25. The van der Waals surface area contributed by atoms with Gasteiger partial charge in [0.15, 0.2) is 0 Å². The van der Waals surface area contributed by atoms with Crippen molar-refractivity contribution in [1.29, 1.82) is 0 Å². The molecule has 1 fully saturated rings. The van der Waals surface area contributed by atoms with Crippen LogP contribution in [0.4, 0.5) is 5.69 Å². The number of benzene rings is 1. The Labute approximate surface area is 114 Å². The van der Waals surface area contributed by atoms with Crippen LogP contribution in [0.1, 0.15) is 23.4 Å². The Kier molecular flexibility index (Phi) is 3.15. The molecule has 6 heteroatoms. The van der Waals surface area contributed by atoms with Crippen molar-refractivity contribution < 1.29 is 23.8 Å². The second-order valence-corrected chi connectivity index (χ2v) is 4.66. The number of carboxylic acids is 1. The van der Waals surface area contributed by atoms with Gasteiger partial charge in [0.05, 0.1) is 0 Å². The van der Waals surface area contributed by atoms with Gasteiger partial charge in [-0.2, -0.15) is 0 Å². The number of furan rings is 1. The van der Waals surface area contributed by atoms with Crippen LogP contribution in [-0.4, -0.2) is 29.7 Å². The summed E-state index contributed by atoms with van der Waals surface area (Å²) in [5, 5.41) is 12.3. The van der Waals surface area contributed by atoms with Crippen molar-refractivity contribution in [3.63, 3.8) is 0 Å². The van der Waals surface area contributed by atoms with E-state index >= 15 is 0 Å². The Morgan fingerprint density at radius 2 is 2.15 bits per heavy atom. The average Bonchev–Trinajstić information content (AvgIpc) is 3.07. The number of carbonyl (C=O) groups excluding carboxylic acids is 1. The highest BCUT2D eigenvalue weighted by Gasteiger charge is 2.23. The molecular weight excluding hydrogens is 262 g/mol. The number of nitrogens with one attached hydrogen (secondary N) is 1. The molecule has 0 radical (unpaired) electrons. The van der Waals surface area contributed by atoms with Gasteiger partial charge >= 0.3 is 5.97 Å². The Morgan fingerprint density at radius 3 is 2.85 bits per heavy atom. The topological polar surface area (TPSA) is 88.8 Å². The molecule has 104 valence electrons. The lowest BCUT2D eigenvalue weighted by Crippen LogP contribution is -2.26. The van der Waals surface area contributed by atoms with Crippen LogP contribution in [0.15, 0.2) is 28.7 Å². The smallest absolute Gasteiger partial charge is 0.371 e. The third kappa shape index (κ3) is 2.37. The fraction of sp³-hybridized carbons (Fsp3) is 0.286. The normalized spacial score (nSPS) is 18.3. The summed E-state index contributed by atoms with van der Waals surface area (Å²) in [5.41, 5.74) is 1.06. The number of rotatable bonds is 3. The molecule has 1 saturated heterocycles. The summed E-state index contributed by atoms with van der Waals surface area (Å²) in [6.45, 7) is 0.612. The molecule has 0 saturated carbocycles. The van der Waals surface area contributed by atoms with Crippen LogP contribution in [0.5, 0.6) is 0 Å². The first-order valence-electron chi connectivity index (χ1n) is 6.33. The summed E-state index contributed by atoms with van der Waals surface area (Å²) in [4.78, 5) is 22.7. The van der Waals surface area contributed by atoms with E-state index < -0.39 is 12.1 Å². The zero-order valence-corrected chi connectivity index (χ0v) is 10.6. The molecular formula is C14H13NO5. The molecule has 1 aromatic carbocycles. The van der Waals surface area contributed by atoms with E-state index in [0.717, 1.165) is 12.8 Å². The van der Waals surface area contributed by atoms with E-state index in [1.54, 1.807) is 18.2 Å². The van der Waals surface area contributed by atoms with Crippen LogP contribution in [0, 0.1) is 0 Å². The molecule has 1 unspecified atom stereocenters. The molecule has 3 rings (SSSR count).